The van der Waals surface area contributed by atoms with Crippen LogP contribution in [0.3, 0.4) is 0 Å². The smallest absolute Gasteiger partial charge is 0.224 e. The largest absolute Gasteiger partial charge is 0.359 e. The molecule has 1 aliphatic rings. The van der Waals surface area contributed by atoms with Crippen molar-refractivity contribution in [3.8, 4) is 0 Å². The molecule has 1 fully saturated rings. The Kier molecular flexibility index (Phi) is 4.14. The Balaban J connectivity index is 2.75. The summed E-state index contributed by atoms with van der Waals surface area (Å²) in [4.78, 5) is 11.8. The van der Waals surface area contributed by atoms with Gasteiger partial charge in [0.25, 0.3) is 0 Å². The van der Waals surface area contributed by atoms with Crippen molar-refractivity contribution in [2.45, 2.75) is 58.0 Å². The maximum atomic E-state index is 11.8. The Morgan fingerprint density at radius 1 is 1.40 bits per heavy atom. The standard InChI is InChI=1S/C12H24N2O/c1-9(2)14-12(3)8-6-5-7-10(12)11(15)13-4/h9-10,14H,5-8H2,1-4H3,(H,13,15). The number of carbonyl (C=O) groups is 1. The summed E-state index contributed by atoms with van der Waals surface area (Å²) < 4.78 is 0. The summed E-state index contributed by atoms with van der Waals surface area (Å²) in [6.45, 7) is 6.47. The molecule has 2 unspecified atom stereocenters. The lowest BCUT2D eigenvalue weighted by Crippen LogP contribution is -2.57. The second kappa shape index (κ2) is 4.97. The molecule has 15 heavy (non-hydrogen) atoms. The molecule has 0 saturated heterocycles. The molecule has 3 heteroatoms. The molecule has 1 amide bonds. The van der Waals surface area contributed by atoms with Crippen molar-refractivity contribution in [3.05, 3.63) is 0 Å². The Labute approximate surface area is 93.0 Å². The van der Waals surface area contributed by atoms with Crippen LogP contribution in [0.2, 0.25) is 0 Å². The van der Waals surface area contributed by atoms with Gasteiger partial charge in [-0.25, -0.2) is 0 Å². The Bertz CT molecular complexity index is 228. The molecule has 1 saturated carbocycles. The predicted molar refractivity (Wildman–Crippen MR) is 62.7 cm³/mol. The molecule has 1 rings (SSSR count). The third-order valence-corrected chi connectivity index (χ3v) is 3.39. The van der Waals surface area contributed by atoms with Gasteiger partial charge in [0.15, 0.2) is 0 Å². The van der Waals surface area contributed by atoms with Crippen molar-refractivity contribution in [1.82, 2.24) is 10.6 Å². The first kappa shape index (κ1) is 12.5. The van der Waals surface area contributed by atoms with Crippen LogP contribution in [-0.4, -0.2) is 24.5 Å². The lowest BCUT2D eigenvalue weighted by Gasteiger charge is -2.42. The zero-order chi connectivity index (χ0) is 11.5. The van der Waals surface area contributed by atoms with Gasteiger partial charge >= 0.3 is 0 Å². The fourth-order valence-corrected chi connectivity index (χ4v) is 2.76. The van der Waals surface area contributed by atoms with E-state index in [1.54, 1.807) is 7.05 Å². The first-order chi connectivity index (χ1) is 6.99. The summed E-state index contributed by atoms with van der Waals surface area (Å²) in [6, 6.07) is 0.431. The predicted octanol–water partition coefficient (Wildman–Crippen LogP) is 1.68. The molecule has 0 aromatic heterocycles. The van der Waals surface area contributed by atoms with Gasteiger partial charge in [-0.15, -0.1) is 0 Å². The van der Waals surface area contributed by atoms with Crippen molar-refractivity contribution in [2.75, 3.05) is 7.05 Å². The molecule has 0 heterocycles. The van der Waals surface area contributed by atoms with E-state index in [4.69, 9.17) is 0 Å². The third-order valence-electron chi connectivity index (χ3n) is 3.39. The zero-order valence-corrected chi connectivity index (χ0v) is 10.4. The first-order valence-corrected chi connectivity index (χ1v) is 5.99. The average Bonchev–Trinajstić information content (AvgIpc) is 2.15. The second-order valence-corrected chi connectivity index (χ2v) is 5.13. The number of carbonyl (C=O) groups excluding carboxylic acids is 1. The van der Waals surface area contributed by atoms with E-state index >= 15 is 0 Å². The van der Waals surface area contributed by atoms with E-state index in [0.29, 0.717) is 6.04 Å². The van der Waals surface area contributed by atoms with E-state index in [0.717, 1.165) is 12.8 Å². The highest BCUT2D eigenvalue weighted by Gasteiger charge is 2.40. The van der Waals surface area contributed by atoms with Gasteiger partial charge in [-0.3, -0.25) is 4.79 Å². The molecule has 0 aromatic rings. The summed E-state index contributed by atoms with van der Waals surface area (Å²) >= 11 is 0. The van der Waals surface area contributed by atoms with Gasteiger partial charge in [0.2, 0.25) is 5.91 Å². The monoisotopic (exact) mass is 212 g/mol. The van der Waals surface area contributed by atoms with E-state index in [1.807, 2.05) is 0 Å². The Morgan fingerprint density at radius 2 is 2.07 bits per heavy atom. The van der Waals surface area contributed by atoms with E-state index in [9.17, 15) is 4.79 Å². The fraction of sp³-hybridized carbons (Fsp3) is 0.917. The highest BCUT2D eigenvalue weighted by molar-refractivity contribution is 5.79. The van der Waals surface area contributed by atoms with Crippen LogP contribution in [0.5, 0.6) is 0 Å². The van der Waals surface area contributed by atoms with Crippen LogP contribution in [0, 0.1) is 5.92 Å². The van der Waals surface area contributed by atoms with Gasteiger partial charge in [-0.2, -0.15) is 0 Å². The van der Waals surface area contributed by atoms with Crippen molar-refractivity contribution in [2.24, 2.45) is 5.92 Å². The van der Waals surface area contributed by atoms with Crippen LogP contribution in [0.25, 0.3) is 0 Å². The summed E-state index contributed by atoms with van der Waals surface area (Å²) in [5.74, 6) is 0.309. The number of amides is 1. The molecule has 0 radical (unpaired) electrons. The first-order valence-electron chi connectivity index (χ1n) is 5.99. The molecular formula is C12H24N2O. The second-order valence-electron chi connectivity index (χ2n) is 5.13. The molecule has 0 spiro atoms. The molecule has 2 atom stereocenters. The molecule has 0 bridgehead atoms. The molecule has 0 aromatic carbocycles. The highest BCUT2D eigenvalue weighted by atomic mass is 16.1. The fourth-order valence-electron chi connectivity index (χ4n) is 2.76. The highest BCUT2D eigenvalue weighted by Crippen LogP contribution is 2.34. The van der Waals surface area contributed by atoms with Crippen molar-refractivity contribution >= 4 is 5.91 Å². The molecule has 0 aliphatic heterocycles. The van der Waals surface area contributed by atoms with Crippen molar-refractivity contribution in [3.63, 3.8) is 0 Å². The van der Waals surface area contributed by atoms with Crippen LogP contribution < -0.4 is 10.6 Å². The van der Waals surface area contributed by atoms with Crippen LogP contribution in [-0.2, 0) is 4.79 Å². The lowest BCUT2D eigenvalue weighted by atomic mass is 9.73. The number of nitrogens with one attached hydrogen (secondary N) is 2. The van der Waals surface area contributed by atoms with E-state index in [2.05, 4.69) is 31.4 Å². The van der Waals surface area contributed by atoms with Crippen molar-refractivity contribution < 1.29 is 4.79 Å². The van der Waals surface area contributed by atoms with E-state index in [-0.39, 0.29) is 17.4 Å². The third kappa shape index (κ3) is 2.94. The zero-order valence-electron chi connectivity index (χ0n) is 10.4. The van der Waals surface area contributed by atoms with Crippen LogP contribution in [0.4, 0.5) is 0 Å². The van der Waals surface area contributed by atoms with Gasteiger partial charge in [-0.1, -0.05) is 26.7 Å². The molecule has 3 nitrogen and oxygen atoms in total. The average molecular weight is 212 g/mol. The summed E-state index contributed by atoms with van der Waals surface area (Å²) in [6.07, 6.45) is 4.51. The normalized spacial score (nSPS) is 31.7. The minimum absolute atomic E-state index is 0.0213. The van der Waals surface area contributed by atoms with Gasteiger partial charge in [0.1, 0.15) is 0 Å². The minimum Gasteiger partial charge on any atom is -0.359 e. The van der Waals surface area contributed by atoms with Crippen LogP contribution in [0.15, 0.2) is 0 Å². The van der Waals surface area contributed by atoms with Gasteiger partial charge in [-0.05, 0) is 19.8 Å². The quantitative estimate of drug-likeness (QED) is 0.747. The Hall–Kier alpha value is -0.570. The van der Waals surface area contributed by atoms with E-state index < -0.39 is 0 Å². The minimum atomic E-state index is -0.0213. The summed E-state index contributed by atoms with van der Waals surface area (Å²) in [5, 5.41) is 6.35. The van der Waals surface area contributed by atoms with Gasteiger partial charge in [0, 0.05) is 18.6 Å². The number of hydrogen-bond donors (Lipinski definition) is 2. The van der Waals surface area contributed by atoms with Crippen LogP contribution in [0.1, 0.15) is 46.5 Å². The van der Waals surface area contributed by atoms with Gasteiger partial charge < -0.3 is 10.6 Å². The molecule has 2 N–H and O–H groups in total. The van der Waals surface area contributed by atoms with Crippen molar-refractivity contribution in [1.29, 1.82) is 0 Å². The number of hydrogen-bond acceptors (Lipinski definition) is 2. The molecule has 88 valence electrons. The maximum absolute atomic E-state index is 11.8. The molecular weight excluding hydrogens is 188 g/mol. The number of rotatable bonds is 3. The summed E-state index contributed by atoms with van der Waals surface area (Å²) in [7, 11) is 1.73. The lowest BCUT2D eigenvalue weighted by molar-refractivity contribution is -0.128. The SMILES string of the molecule is CNC(=O)C1CCCCC1(C)NC(C)C. The topological polar surface area (TPSA) is 41.1 Å². The Morgan fingerprint density at radius 3 is 2.60 bits per heavy atom. The summed E-state index contributed by atoms with van der Waals surface area (Å²) in [5.41, 5.74) is -0.0213. The molecule has 1 aliphatic carbocycles. The van der Waals surface area contributed by atoms with E-state index in [1.165, 1.54) is 12.8 Å². The van der Waals surface area contributed by atoms with Gasteiger partial charge in [0.05, 0.1) is 5.92 Å². The van der Waals surface area contributed by atoms with Crippen LogP contribution >= 0.6 is 0 Å². The maximum Gasteiger partial charge on any atom is 0.224 e.